The predicted molar refractivity (Wildman–Crippen MR) is 47.5 cm³/mol. The molecule has 0 amide bonds. The van der Waals surface area contributed by atoms with E-state index in [0.29, 0.717) is 5.92 Å². The lowest BCUT2D eigenvalue weighted by atomic mass is 10.0. The smallest absolute Gasteiger partial charge is 0.0692 e. The molecule has 2 N–H and O–H groups in total. The van der Waals surface area contributed by atoms with Crippen molar-refractivity contribution in [2.45, 2.75) is 32.9 Å². The Morgan fingerprint density at radius 3 is 2.83 bits per heavy atom. The Morgan fingerprint density at radius 1 is 1.58 bits per heavy atom. The third kappa shape index (κ3) is 2.30. The van der Waals surface area contributed by atoms with Crippen LogP contribution >= 0.6 is 0 Å². The minimum absolute atomic E-state index is 0.177. The van der Waals surface area contributed by atoms with Crippen LogP contribution in [-0.2, 0) is 6.54 Å². The Hall–Kier alpha value is -0.900. The van der Waals surface area contributed by atoms with Crippen molar-refractivity contribution in [1.82, 2.24) is 15.0 Å². The van der Waals surface area contributed by atoms with E-state index in [0.717, 1.165) is 13.0 Å². The van der Waals surface area contributed by atoms with Gasteiger partial charge in [0.15, 0.2) is 0 Å². The second kappa shape index (κ2) is 4.21. The first-order valence-electron chi connectivity index (χ1n) is 4.33. The number of rotatable bonds is 4. The fourth-order valence-electron chi connectivity index (χ4n) is 1.03. The number of nitrogens with two attached hydrogens (primary N) is 1. The number of aromatic nitrogens is 3. The molecule has 4 nitrogen and oxygen atoms in total. The number of hydrogen-bond donors (Lipinski definition) is 1. The molecule has 0 saturated carbocycles. The molecule has 1 aromatic heterocycles. The Kier molecular flexibility index (Phi) is 3.22. The summed E-state index contributed by atoms with van der Waals surface area (Å²) in [4.78, 5) is 0. The van der Waals surface area contributed by atoms with Crippen LogP contribution in [0.1, 0.15) is 20.3 Å². The second-order valence-corrected chi connectivity index (χ2v) is 3.17. The molecule has 1 heterocycles. The SMILES string of the molecule is CC[C@H](C)[C@@H](N)Cn1ccnn1. The van der Waals surface area contributed by atoms with E-state index in [1.807, 2.05) is 6.20 Å². The lowest BCUT2D eigenvalue weighted by molar-refractivity contribution is 0.377. The second-order valence-electron chi connectivity index (χ2n) is 3.17. The van der Waals surface area contributed by atoms with Crippen molar-refractivity contribution < 1.29 is 0 Å². The quantitative estimate of drug-likeness (QED) is 0.718. The van der Waals surface area contributed by atoms with Crippen LogP contribution < -0.4 is 5.73 Å². The first kappa shape index (κ1) is 9.19. The van der Waals surface area contributed by atoms with Crippen molar-refractivity contribution in [3.63, 3.8) is 0 Å². The van der Waals surface area contributed by atoms with Crippen LogP contribution in [0.3, 0.4) is 0 Å². The summed E-state index contributed by atoms with van der Waals surface area (Å²) in [5, 5.41) is 7.58. The molecule has 0 unspecified atom stereocenters. The Labute approximate surface area is 72.8 Å². The molecular formula is C8H16N4. The normalized spacial score (nSPS) is 15.9. The van der Waals surface area contributed by atoms with Crippen LogP contribution in [0.5, 0.6) is 0 Å². The van der Waals surface area contributed by atoms with E-state index in [4.69, 9.17) is 5.73 Å². The van der Waals surface area contributed by atoms with Crippen LogP contribution in [0.4, 0.5) is 0 Å². The zero-order valence-corrected chi connectivity index (χ0v) is 7.64. The van der Waals surface area contributed by atoms with Crippen molar-refractivity contribution in [2.75, 3.05) is 0 Å². The van der Waals surface area contributed by atoms with Crippen molar-refractivity contribution >= 4 is 0 Å². The van der Waals surface area contributed by atoms with Crippen molar-refractivity contribution in [3.05, 3.63) is 12.4 Å². The van der Waals surface area contributed by atoms with Gasteiger partial charge in [0.05, 0.1) is 12.7 Å². The Morgan fingerprint density at radius 2 is 2.33 bits per heavy atom. The molecule has 1 rings (SSSR count). The third-order valence-electron chi connectivity index (χ3n) is 2.24. The maximum Gasteiger partial charge on any atom is 0.0692 e. The standard InChI is InChI=1S/C8H16N4/c1-3-7(2)8(9)6-12-5-4-10-11-12/h4-5,7-8H,3,6,9H2,1-2H3/t7-,8-/m0/s1. The van der Waals surface area contributed by atoms with Gasteiger partial charge in [-0.2, -0.15) is 0 Å². The van der Waals surface area contributed by atoms with Crippen molar-refractivity contribution in [2.24, 2.45) is 11.7 Å². The molecule has 0 aromatic carbocycles. The van der Waals surface area contributed by atoms with Crippen LogP contribution in [0, 0.1) is 5.92 Å². The zero-order valence-electron chi connectivity index (χ0n) is 7.64. The average molecular weight is 168 g/mol. The van der Waals surface area contributed by atoms with Gasteiger partial charge >= 0.3 is 0 Å². The highest BCUT2D eigenvalue weighted by molar-refractivity contribution is 4.71. The van der Waals surface area contributed by atoms with E-state index in [2.05, 4.69) is 24.2 Å². The van der Waals surface area contributed by atoms with Gasteiger partial charge in [0.1, 0.15) is 0 Å². The summed E-state index contributed by atoms with van der Waals surface area (Å²) in [6.07, 6.45) is 4.61. The first-order chi connectivity index (χ1) is 5.74. The highest BCUT2D eigenvalue weighted by Crippen LogP contribution is 2.06. The molecule has 0 bridgehead atoms. The summed E-state index contributed by atoms with van der Waals surface area (Å²) in [5.74, 6) is 0.536. The minimum atomic E-state index is 0.177. The summed E-state index contributed by atoms with van der Waals surface area (Å²) in [5.41, 5.74) is 5.93. The molecule has 0 spiro atoms. The summed E-state index contributed by atoms with van der Waals surface area (Å²) >= 11 is 0. The van der Waals surface area contributed by atoms with Crippen LogP contribution in [-0.4, -0.2) is 21.0 Å². The molecule has 0 aliphatic heterocycles. The molecule has 0 radical (unpaired) electrons. The average Bonchev–Trinajstić information content (AvgIpc) is 2.55. The summed E-state index contributed by atoms with van der Waals surface area (Å²) in [6.45, 7) is 5.06. The van der Waals surface area contributed by atoms with Gasteiger partial charge in [0.2, 0.25) is 0 Å². The predicted octanol–water partition coefficient (Wildman–Crippen LogP) is 0.652. The van der Waals surface area contributed by atoms with Gasteiger partial charge < -0.3 is 5.73 Å². The molecule has 0 aliphatic carbocycles. The summed E-state index contributed by atoms with van der Waals surface area (Å²) in [6, 6.07) is 0.177. The van der Waals surface area contributed by atoms with Gasteiger partial charge in [-0.1, -0.05) is 25.5 Å². The fourth-order valence-corrected chi connectivity index (χ4v) is 1.03. The molecule has 1 aromatic rings. The van der Waals surface area contributed by atoms with Crippen LogP contribution in [0.2, 0.25) is 0 Å². The molecular weight excluding hydrogens is 152 g/mol. The molecule has 4 heteroatoms. The van der Waals surface area contributed by atoms with E-state index >= 15 is 0 Å². The van der Waals surface area contributed by atoms with Gasteiger partial charge in [0, 0.05) is 12.2 Å². The first-order valence-corrected chi connectivity index (χ1v) is 4.33. The Bertz CT molecular complexity index is 207. The lowest BCUT2D eigenvalue weighted by Gasteiger charge is -2.17. The minimum Gasteiger partial charge on any atom is -0.326 e. The van der Waals surface area contributed by atoms with E-state index in [9.17, 15) is 0 Å². The van der Waals surface area contributed by atoms with E-state index in [1.165, 1.54) is 0 Å². The van der Waals surface area contributed by atoms with Gasteiger partial charge in [-0.05, 0) is 5.92 Å². The molecule has 2 atom stereocenters. The molecule has 12 heavy (non-hydrogen) atoms. The molecule has 0 fully saturated rings. The van der Waals surface area contributed by atoms with Gasteiger partial charge in [-0.15, -0.1) is 5.10 Å². The van der Waals surface area contributed by atoms with Crippen molar-refractivity contribution in [3.8, 4) is 0 Å². The van der Waals surface area contributed by atoms with Crippen LogP contribution in [0.15, 0.2) is 12.4 Å². The van der Waals surface area contributed by atoms with Crippen LogP contribution in [0.25, 0.3) is 0 Å². The largest absolute Gasteiger partial charge is 0.326 e. The monoisotopic (exact) mass is 168 g/mol. The lowest BCUT2D eigenvalue weighted by Crippen LogP contribution is -2.32. The number of nitrogens with zero attached hydrogens (tertiary/aromatic N) is 3. The fraction of sp³-hybridized carbons (Fsp3) is 0.750. The Balaban J connectivity index is 2.41. The van der Waals surface area contributed by atoms with E-state index < -0.39 is 0 Å². The highest BCUT2D eigenvalue weighted by atomic mass is 15.4. The van der Waals surface area contributed by atoms with E-state index in [1.54, 1.807) is 10.9 Å². The maximum atomic E-state index is 5.93. The summed E-state index contributed by atoms with van der Waals surface area (Å²) < 4.78 is 1.77. The van der Waals surface area contributed by atoms with Gasteiger partial charge in [-0.3, -0.25) is 4.68 Å². The third-order valence-corrected chi connectivity index (χ3v) is 2.24. The van der Waals surface area contributed by atoms with Crippen molar-refractivity contribution in [1.29, 1.82) is 0 Å². The van der Waals surface area contributed by atoms with Gasteiger partial charge in [-0.25, -0.2) is 0 Å². The molecule has 0 saturated heterocycles. The number of hydrogen-bond acceptors (Lipinski definition) is 3. The summed E-state index contributed by atoms with van der Waals surface area (Å²) in [7, 11) is 0. The molecule has 68 valence electrons. The highest BCUT2D eigenvalue weighted by Gasteiger charge is 2.10. The topological polar surface area (TPSA) is 56.7 Å². The van der Waals surface area contributed by atoms with Gasteiger partial charge in [0.25, 0.3) is 0 Å². The zero-order chi connectivity index (χ0) is 8.97. The van der Waals surface area contributed by atoms with E-state index in [-0.39, 0.29) is 6.04 Å². The molecule has 0 aliphatic rings. The maximum absolute atomic E-state index is 5.93.